The van der Waals surface area contributed by atoms with Crippen molar-refractivity contribution in [2.75, 3.05) is 13.1 Å². The van der Waals surface area contributed by atoms with E-state index in [4.69, 9.17) is 5.11 Å². The Hall–Kier alpha value is -1.40. The Morgan fingerprint density at radius 2 is 2.42 bits per heavy atom. The van der Waals surface area contributed by atoms with Crippen LogP contribution in [0.4, 0.5) is 0 Å². The van der Waals surface area contributed by atoms with Gasteiger partial charge in [-0.1, -0.05) is 6.07 Å². The van der Waals surface area contributed by atoms with Crippen LogP contribution in [0.5, 0.6) is 0 Å². The molecule has 2 heterocycles. The first-order valence-electron chi connectivity index (χ1n) is 6.37. The van der Waals surface area contributed by atoms with Gasteiger partial charge in [-0.25, -0.2) is 0 Å². The summed E-state index contributed by atoms with van der Waals surface area (Å²) in [6, 6.07) is 3.39. The van der Waals surface area contributed by atoms with Crippen LogP contribution >= 0.6 is 11.3 Å². The summed E-state index contributed by atoms with van der Waals surface area (Å²) in [6.45, 7) is 2.77. The number of carbonyl (C=O) groups excluding carboxylic acids is 1. The molecule has 19 heavy (non-hydrogen) atoms. The Morgan fingerprint density at radius 1 is 1.63 bits per heavy atom. The van der Waals surface area contributed by atoms with Gasteiger partial charge in [-0.05, 0) is 37.8 Å². The maximum atomic E-state index is 11.9. The van der Waals surface area contributed by atoms with Crippen LogP contribution in [-0.4, -0.2) is 41.0 Å². The monoisotopic (exact) mass is 282 g/mol. The fraction of sp³-hybridized carbons (Fsp3) is 0.538. The third-order valence-electron chi connectivity index (χ3n) is 3.34. The van der Waals surface area contributed by atoms with Gasteiger partial charge >= 0.3 is 5.97 Å². The maximum Gasteiger partial charge on any atom is 0.320 e. The molecular weight excluding hydrogens is 264 g/mol. The lowest BCUT2D eigenvalue weighted by molar-refractivity contribution is -0.142. The topological polar surface area (TPSA) is 69.6 Å². The molecule has 104 valence electrons. The van der Waals surface area contributed by atoms with Gasteiger partial charge in [-0.15, -0.1) is 11.3 Å². The minimum atomic E-state index is -0.836. The lowest BCUT2D eigenvalue weighted by Crippen LogP contribution is -2.43. The van der Waals surface area contributed by atoms with Gasteiger partial charge in [0.25, 0.3) is 0 Å². The smallest absolute Gasteiger partial charge is 0.320 e. The van der Waals surface area contributed by atoms with Crippen LogP contribution in [0.1, 0.15) is 30.7 Å². The third-order valence-corrected chi connectivity index (χ3v) is 4.40. The lowest BCUT2D eigenvalue weighted by Gasteiger charge is -2.21. The number of hydrogen-bond donors (Lipinski definition) is 2. The van der Waals surface area contributed by atoms with Crippen LogP contribution in [0.25, 0.3) is 0 Å². The van der Waals surface area contributed by atoms with Crippen molar-refractivity contribution in [2.45, 2.75) is 31.8 Å². The molecular formula is C13H18N2O3S. The van der Waals surface area contributed by atoms with E-state index in [1.807, 2.05) is 24.4 Å². The number of nitrogens with zero attached hydrogens (tertiary/aromatic N) is 1. The molecule has 0 aromatic carbocycles. The normalized spacial score (nSPS) is 21.2. The summed E-state index contributed by atoms with van der Waals surface area (Å²) in [5, 5.41) is 13.9. The molecule has 2 rings (SSSR count). The molecule has 1 aromatic rings. The summed E-state index contributed by atoms with van der Waals surface area (Å²) in [5.74, 6) is -0.953. The first-order chi connectivity index (χ1) is 9.08. The predicted octanol–water partition coefficient (Wildman–Crippen LogP) is 1.47. The number of nitrogens with one attached hydrogen (secondary N) is 1. The van der Waals surface area contributed by atoms with Crippen molar-refractivity contribution in [3.8, 4) is 0 Å². The zero-order valence-electron chi connectivity index (χ0n) is 10.8. The fourth-order valence-corrected chi connectivity index (χ4v) is 3.11. The van der Waals surface area contributed by atoms with Crippen LogP contribution in [0.15, 0.2) is 17.5 Å². The number of carboxylic acid groups (broad SMARTS) is 1. The number of carboxylic acids is 1. The number of hydrogen-bond acceptors (Lipinski definition) is 4. The molecule has 2 atom stereocenters. The number of carbonyl (C=O) groups is 2. The van der Waals surface area contributed by atoms with Crippen LogP contribution in [0, 0.1) is 0 Å². The van der Waals surface area contributed by atoms with Crippen molar-refractivity contribution in [1.29, 1.82) is 0 Å². The maximum absolute atomic E-state index is 11.9. The highest BCUT2D eigenvalue weighted by molar-refractivity contribution is 7.10. The Labute approximate surface area is 116 Å². The van der Waals surface area contributed by atoms with E-state index in [-0.39, 0.29) is 18.5 Å². The van der Waals surface area contributed by atoms with Crippen LogP contribution in [0.2, 0.25) is 0 Å². The quantitative estimate of drug-likeness (QED) is 0.858. The molecule has 5 nitrogen and oxygen atoms in total. The van der Waals surface area contributed by atoms with Gasteiger partial charge in [-0.2, -0.15) is 0 Å². The summed E-state index contributed by atoms with van der Waals surface area (Å²) < 4.78 is 0. The molecule has 0 radical (unpaired) electrons. The summed E-state index contributed by atoms with van der Waals surface area (Å²) in [5.41, 5.74) is 0. The number of thiophene rings is 1. The second-order valence-corrected chi connectivity index (χ2v) is 5.75. The first kappa shape index (κ1) is 14.0. The third kappa shape index (κ3) is 3.54. The van der Waals surface area contributed by atoms with E-state index < -0.39 is 12.0 Å². The Morgan fingerprint density at radius 3 is 3.05 bits per heavy atom. The van der Waals surface area contributed by atoms with E-state index in [9.17, 15) is 9.59 Å². The summed E-state index contributed by atoms with van der Waals surface area (Å²) >= 11 is 1.60. The van der Waals surface area contributed by atoms with Crippen molar-refractivity contribution >= 4 is 23.2 Å². The summed E-state index contributed by atoms with van der Waals surface area (Å²) in [7, 11) is 0. The summed E-state index contributed by atoms with van der Waals surface area (Å²) in [6.07, 6.45) is 1.47. The van der Waals surface area contributed by atoms with Crippen molar-refractivity contribution in [1.82, 2.24) is 10.2 Å². The second-order valence-electron chi connectivity index (χ2n) is 4.77. The number of rotatable bonds is 5. The highest BCUT2D eigenvalue weighted by Gasteiger charge is 2.31. The molecule has 0 unspecified atom stereocenters. The van der Waals surface area contributed by atoms with E-state index in [1.54, 1.807) is 16.2 Å². The van der Waals surface area contributed by atoms with E-state index in [2.05, 4.69) is 5.32 Å². The van der Waals surface area contributed by atoms with Gasteiger partial charge in [0.15, 0.2) is 0 Å². The van der Waals surface area contributed by atoms with E-state index in [1.165, 1.54) is 0 Å². The zero-order chi connectivity index (χ0) is 13.8. The van der Waals surface area contributed by atoms with Crippen LogP contribution < -0.4 is 5.32 Å². The molecule has 1 aliphatic rings. The standard InChI is InChI=1S/C13H18N2O3S/c1-9(11-5-3-7-19-11)14-12(16)8-15-6-2-4-10(15)13(17)18/h3,5,7,9-10H,2,4,6,8H2,1H3,(H,14,16)(H,17,18)/t9-,10-/m1/s1. The zero-order valence-corrected chi connectivity index (χ0v) is 11.7. The Kier molecular flexibility index (Phi) is 4.55. The number of aliphatic carboxylic acids is 1. The Bertz CT molecular complexity index is 447. The first-order valence-corrected chi connectivity index (χ1v) is 7.25. The highest BCUT2D eigenvalue weighted by atomic mass is 32.1. The van der Waals surface area contributed by atoms with Crippen molar-refractivity contribution in [3.63, 3.8) is 0 Å². The fourth-order valence-electron chi connectivity index (χ4n) is 2.38. The summed E-state index contributed by atoms with van der Waals surface area (Å²) in [4.78, 5) is 25.8. The Balaban J connectivity index is 1.86. The SMILES string of the molecule is C[C@@H](NC(=O)CN1CCC[C@@H]1C(=O)O)c1cccs1. The van der Waals surface area contributed by atoms with E-state index >= 15 is 0 Å². The lowest BCUT2D eigenvalue weighted by atomic mass is 10.2. The molecule has 2 N–H and O–H groups in total. The predicted molar refractivity (Wildman–Crippen MR) is 73.1 cm³/mol. The van der Waals surface area contributed by atoms with Crippen molar-refractivity contribution in [3.05, 3.63) is 22.4 Å². The molecule has 1 amide bonds. The number of amides is 1. The van der Waals surface area contributed by atoms with Gasteiger partial charge in [0, 0.05) is 4.88 Å². The van der Waals surface area contributed by atoms with Crippen LogP contribution in [0.3, 0.4) is 0 Å². The van der Waals surface area contributed by atoms with Gasteiger partial charge in [-0.3, -0.25) is 14.5 Å². The highest BCUT2D eigenvalue weighted by Crippen LogP contribution is 2.19. The molecule has 1 saturated heterocycles. The second kappa shape index (κ2) is 6.16. The van der Waals surface area contributed by atoms with Crippen molar-refractivity contribution in [2.24, 2.45) is 0 Å². The van der Waals surface area contributed by atoms with Gasteiger partial charge in [0.2, 0.25) is 5.91 Å². The molecule has 6 heteroatoms. The molecule has 0 spiro atoms. The number of likely N-dealkylation sites (tertiary alicyclic amines) is 1. The van der Waals surface area contributed by atoms with E-state index in [0.717, 1.165) is 11.3 Å². The molecule has 1 fully saturated rings. The van der Waals surface area contributed by atoms with Gasteiger partial charge in [0.05, 0.1) is 12.6 Å². The average molecular weight is 282 g/mol. The molecule has 0 saturated carbocycles. The average Bonchev–Trinajstić information content (AvgIpc) is 2.98. The molecule has 1 aliphatic heterocycles. The van der Waals surface area contributed by atoms with E-state index in [0.29, 0.717) is 13.0 Å². The minimum Gasteiger partial charge on any atom is -0.480 e. The van der Waals surface area contributed by atoms with Crippen LogP contribution in [-0.2, 0) is 9.59 Å². The largest absolute Gasteiger partial charge is 0.480 e. The van der Waals surface area contributed by atoms with Gasteiger partial charge < -0.3 is 10.4 Å². The minimum absolute atomic E-state index is 0.0293. The molecule has 0 aliphatic carbocycles. The molecule has 1 aromatic heterocycles. The van der Waals surface area contributed by atoms with Crippen molar-refractivity contribution < 1.29 is 14.7 Å². The molecule has 0 bridgehead atoms. The van der Waals surface area contributed by atoms with Gasteiger partial charge in [0.1, 0.15) is 6.04 Å².